The van der Waals surface area contributed by atoms with Crippen molar-refractivity contribution in [2.45, 2.75) is 116 Å². The van der Waals surface area contributed by atoms with E-state index in [1.807, 2.05) is 13.8 Å². The van der Waals surface area contributed by atoms with Gasteiger partial charge in [-0.3, -0.25) is 19.2 Å². The van der Waals surface area contributed by atoms with Crippen molar-refractivity contribution in [2.24, 2.45) is 17.6 Å². The number of carbonyl (C=O) groups is 4. The lowest BCUT2D eigenvalue weighted by Gasteiger charge is -2.28. The number of carbonyl (C=O) groups excluding carboxylic acids is 4. The monoisotopic (exact) mass is 495 g/mol. The molecule has 5 unspecified atom stereocenters. The lowest BCUT2D eigenvalue weighted by Crippen LogP contribution is -2.57. The Hall–Kier alpha value is -2.16. The van der Waals surface area contributed by atoms with Crippen molar-refractivity contribution in [2.75, 3.05) is 13.1 Å². The summed E-state index contributed by atoms with van der Waals surface area (Å²) >= 11 is 0. The van der Waals surface area contributed by atoms with E-state index in [1.54, 1.807) is 0 Å². The molecular weight excluding hydrogens is 446 g/mol. The summed E-state index contributed by atoms with van der Waals surface area (Å²) in [4.78, 5) is 51.2. The zero-order valence-corrected chi connectivity index (χ0v) is 22.3. The maximum Gasteiger partial charge on any atom is 0.243 e. The molecule has 1 saturated heterocycles. The molecule has 0 aliphatic carbocycles. The maximum atomic E-state index is 13.2. The van der Waals surface area contributed by atoms with E-state index in [9.17, 15) is 19.2 Å². The summed E-state index contributed by atoms with van der Waals surface area (Å²) < 4.78 is 0. The summed E-state index contributed by atoms with van der Waals surface area (Å²) in [5.41, 5.74) is 5.59. The molecule has 0 radical (unpaired) electrons. The Morgan fingerprint density at radius 1 is 0.829 bits per heavy atom. The molecule has 0 saturated carbocycles. The smallest absolute Gasteiger partial charge is 0.243 e. The molecule has 1 aliphatic rings. The van der Waals surface area contributed by atoms with Crippen LogP contribution in [-0.2, 0) is 19.2 Å². The van der Waals surface area contributed by atoms with Crippen LogP contribution in [0, 0.1) is 11.8 Å². The Balaban J connectivity index is 2.91. The Morgan fingerprint density at radius 3 is 2.20 bits per heavy atom. The minimum absolute atomic E-state index is 0.101. The second-order valence-corrected chi connectivity index (χ2v) is 10.1. The van der Waals surface area contributed by atoms with Gasteiger partial charge < -0.3 is 27.0 Å². The van der Waals surface area contributed by atoms with Gasteiger partial charge >= 0.3 is 0 Å². The number of amides is 4. The number of nitrogens with two attached hydrogens (primary N) is 1. The number of hydrogen-bond acceptors (Lipinski definition) is 5. The van der Waals surface area contributed by atoms with Gasteiger partial charge in [0.15, 0.2) is 0 Å². The molecule has 0 spiro atoms. The van der Waals surface area contributed by atoms with Crippen LogP contribution in [0.2, 0.25) is 0 Å². The minimum Gasteiger partial charge on any atom is -0.351 e. The van der Waals surface area contributed by atoms with Gasteiger partial charge in [0.1, 0.15) is 12.1 Å². The van der Waals surface area contributed by atoms with Gasteiger partial charge in [0.25, 0.3) is 0 Å². The van der Waals surface area contributed by atoms with Gasteiger partial charge in [0, 0.05) is 12.5 Å². The molecule has 1 fully saturated rings. The van der Waals surface area contributed by atoms with Gasteiger partial charge in [0.05, 0.1) is 6.54 Å². The van der Waals surface area contributed by atoms with Crippen LogP contribution in [0.4, 0.5) is 0 Å². The third-order valence-electron chi connectivity index (χ3n) is 7.06. The first-order valence-electron chi connectivity index (χ1n) is 13.6. The van der Waals surface area contributed by atoms with E-state index in [0.29, 0.717) is 32.2 Å². The number of nitrogens with one attached hydrogen (secondary N) is 4. The Labute approximate surface area is 211 Å². The fraction of sp³-hybridized carbons (Fsp3) is 0.846. The van der Waals surface area contributed by atoms with E-state index in [1.165, 1.54) is 19.3 Å². The summed E-state index contributed by atoms with van der Waals surface area (Å²) in [6, 6.07) is -1.90. The van der Waals surface area contributed by atoms with Crippen LogP contribution in [0.3, 0.4) is 0 Å². The van der Waals surface area contributed by atoms with Crippen LogP contribution in [-0.4, -0.2) is 54.8 Å². The fourth-order valence-corrected chi connectivity index (χ4v) is 4.22. The van der Waals surface area contributed by atoms with E-state index >= 15 is 0 Å². The molecule has 9 nitrogen and oxygen atoms in total. The van der Waals surface area contributed by atoms with E-state index < -0.39 is 23.9 Å². The van der Waals surface area contributed by atoms with E-state index in [2.05, 4.69) is 35.1 Å². The van der Waals surface area contributed by atoms with Crippen LogP contribution < -0.4 is 27.0 Å². The first-order valence-corrected chi connectivity index (χ1v) is 13.6. The molecule has 9 heteroatoms. The van der Waals surface area contributed by atoms with E-state index in [4.69, 9.17) is 5.73 Å². The zero-order chi connectivity index (χ0) is 26.2. The third-order valence-corrected chi connectivity index (χ3v) is 7.06. The maximum absolute atomic E-state index is 13.2. The van der Waals surface area contributed by atoms with Crippen LogP contribution in [0.1, 0.15) is 98.3 Å². The topological polar surface area (TPSA) is 142 Å². The van der Waals surface area contributed by atoms with Crippen molar-refractivity contribution in [3.63, 3.8) is 0 Å². The molecular formula is C26H49N5O4. The van der Waals surface area contributed by atoms with Crippen molar-refractivity contribution >= 4 is 23.6 Å². The molecule has 1 rings (SSSR count). The average Bonchev–Trinajstić information content (AvgIpc) is 2.84. The molecule has 0 aromatic rings. The predicted octanol–water partition coefficient (Wildman–Crippen LogP) is 2.13. The van der Waals surface area contributed by atoms with Crippen molar-refractivity contribution in [1.29, 1.82) is 0 Å². The van der Waals surface area contributed by atoms with Crippen LogP contribution >= 0.6 is 0 Å². The quantitative estimate of drug-likeness (QED) is 0.249. The van der Waals surface area contributed by atoms with Gasteiger partial charge in [-0.15, -0.1) is 0 Å². The molecule has 5 atom stereocenters. The van der Waals surface area contributed by atoms with E-state index in [0.717, 1.165) is 25.2 Å². The van der Waals surface area contributed by atoms with Gasteiger partial charge in [-0.1, -0.05) is 72.6 Å². The van der Waals surface area contributed by atoms with Gasteiger partial charge in [0.2, 0.25) is 23.6 Å². The second-order valence-electron chi connectivity index (χ2n) is 10.1. The highest BCUT2D eigenvalue weighted by Gasteiger charge is 2.31. The van der Waals surface area contributed by atoms with Crippen LogP contribution in [0.5, 0.6) is 0 Å². The normalized spacial score (nSPS) is 24.1. The molecule has 1 aliphatic heterocycles. The number of unbranched alkanes of at least 4 members (excludes halogenated alkanes) is 3. The van der Waals surface area contributed by atoms with Crippen LogP contribution in [0.15, 0.2) is 0 Å². The third kappa shape index (κ3) is 12.4. The number of rotatable bonds is 13. The highest BCUT2D eigenvalue weighted by Crippen LogP contribution is 2.16. The average molecular weight is 496 g/mol. The molecule has 202 valence electrons. The summed E-state index contributed by atoms with van der Waals surface area (Å²) in [6.07, 6.45) is 9.07. The van der Waals surface area contributed by atoms with E-state index in [-0.39, 0.29) is 36.7 Å². The number of hydrogen-bond donors (Lipinski definition) is 5. The largest absolute Gasteiger partial charge is 0.351 e. The highest BCUT2D eigenvalue weighted by molar-refractivity contribution is 5.94. The molecule has 0 aromatic heterocycles. The van der Waals surface area contributed by atoms with Crippen LogP contribution in [0.25, 0.3) is 0 Å². The molecule has 1 heterocycles. The lowest BCUT2D eigenvalue weighted by atomic mass is 9.96. The second kappa shape index (κ2) is 17.3. The molecule has 0 aromatic carbocycles. The van der Waals surface area contributed by atoms with Gasteiger partial charge in [-0.05, 0) is 37.6 Å². The SMILES string of the molecule is CCC(C)CCCCCCC1CC(=O)NCC(=O)NC(CCCN)C(=O)NC(C(C)CC)C(=O)N1. The summed E-state index contributed by atoms with van der Waals surface area (Å²) in [5, 5.41) is 11.2. The van der Waals surface area contributed by atoms with Crippen molar-refractivity contribution < 1.29 is 19.2 Å². The summed E-state index contributed by atoms with van der Waals surface area (Å²) in [7, 11) is 0. The van der Waals surface area contributed by atoms with Crippen molar-refractivity contribution in [1.82, 2.24) is 21.3 Å². The molecule has 0 bridgehead atoms. The first-order chi connectivity index (χ1) is 16.7. The molecule has 6 N–H and O–H groups in total. The summed E-state index contributed by atoms with van der Waals surface area (Å²) in [5.74, 6) is -0.786. The first kappa shape index (κ1) is 30.9. The van der Waals surface area contributed by atoms with Crippen molar-refractivity contribution in [3.8, 4) is 0 Å². The summed E-state index contributed by atoms with van der Waals surface area (Å²) in [6.45, 7) is 8.52. The molecule has 4 amide bonds. The van der Waals surface area contributed by atoms with Gasteiger partial charge in [-0.25, -0.2) is 0 Å². The highest BCUT2D eigenvalue weighted by atomic mass is 16.2. The van der Waals surface area contributed by atoms with Crippen molar-refractivity contribution in [3.05, 3.63) is 0 Å². The Bertz CT molecular complexity index is 672. The fourth-order valence-electron chi connectivity index (χ4n) is 4.22. The Kier molecular flexibility index (Phi) is 15.3. The predicted molar refractivity (Wildman–Crippen MR) is 138 cm³/mol. The Morgan fingerprint density at radius 2 is 1.54 bits per heavy atom. The lowest BCUT2D eigenvalue weighted by molar-refractivity contribution is -0.133. The minimum atomic E-state index is -0.811. The molecule has 35 heavy (non-hydrogen) atoms. The zero-order valence-electron chi connectivity index (χ0n) is 22.3. The standard InChI is InChI=1S/C26H49N5O4/c1-5-18(3)12-9-7-8-10-13-20-16-22(32)28-17-23(33)30-21(14-11-15-27)25(34)31-24(19(4)6-2)26(35)29-20/h18-21,24H,5-17,27H2,1-4H3,(H,28,32)(H,29,35)(H,30,33)(H,31,34). The van der Waals surface area contributed by atoms with Gasteiger partial charge in [-0.2, -0.15) is 0 Å².